The number of amides is 1. The summed E-state index contributed by atoms with van der Waals surface area (Å²) in [5.74, 6) is 0.0253. The van der Waals surface area contributed by atoms with Gasteiger partial charge in [0, 0.05) is 6.04 Å². The van der Waals surface area contributed by atoms with E-state index in [0.29, 0.717) is 13.0 Å². The summed E-state index contributed by atoms with van der Waals surface area (Å²) in [5.41, 5.74) is 5.19. The molecule has 1 rings (SSSR count). The Morgan fingerprint density at radius 2 is 2.33 bits per heavy atom. The third-order valence-electron chi connectivity index (χ3n) is 1.67. The van der Waals surface area contributed by atoms with E-state index in [-0.39, 0.29) is 17.6 Å². The Morgan fingerprint density at radius 1 is 1.75 bits per heavy atom. The molecule has 1 fully saturated rings. The number of hydrogen-bond donors (Lipinski definition) is 1. The maximum absolute atomic E-state index is 11.3. The van der Waals surface area contributed by atoms with E-state index in [9.17, 15) is 4.79 Å². The Kier molecular flexibility index (Phi) is 2.39. The van der Waals surface area contributed by atoms with Crippen LogP contribution in [0.5, 0.6) is 0 Å². The zero-order valence-corrected chi connectivity index (χ0v) is 7.83. The minimum Gasteiger partial charge on any atom is -0.326 e. The fourth-order valence-electron chi connectivity index (χ4n) is 1.23. The summed E-state index contributed by atoms with van der Waals surface area (Å²) in [4.78, 5) is 16.6. The number of hydrogen-bond acceptors (Lipinski definition) is 3. The normalized spacial score (nSPS) is 24.7. The number of hydroxylamine groups is 2. The summed E-state index contributed by atoms with van der Waals surface area (Å²) in [5, 5.41) is 1.37. The summed E-state index contributed by atoms with van der Waals surface area (Å²) >= 11 is 0. The van der Waals surface area contributed by atoms with Crippen LogP contribution in [0.2, 0.25) is 0 Å². The second-order valence-electron chi connectivity index (χ2n) is 3.96. The van der Waals surface area contributed by atoms with Crippen molar-refractivity contribution in [3.05, 3.63) is 0 Å². The molecule has 0 bridgehead atoms. The van der Waals surface area contributed by atoms with Gasteiger partial charge in [0.25, 0.3) is 0 Å². The van der Waals surface area contributed by atoms with Gasteiger partial charge < -0.3 is 5.73 Å². The lowest BCUT2D eigenvalue weighted by Crippen LogP contribution is -2.36. The van der Waals surface area contributed by atoms with Crippen molar-refractivity contribution in [2.24, 2.45) is 5.73 Å². The summed E-state index contributed by atoms with van der Waals surface area (Å²) in [7, 11) is 0. The smallest absolute Gasteiger partial charge is 0.249 e. The Balaban J connectivity index is 2.53. The Bertz CT molecular complexity index is 189. The molecule has 0 saturated carbocycles. The van der Waals surface area contributed by atoms with Crippen LogP contribution in [0.1, 0.15) is 27.2 Å². The average molecular weight is 172 g/mol. The summed E-state index contributed by atoms with van der Waals surface area (Å²) in [6.45, 7) is 6.11. The van der Waals surface area contributed by atoms with Crippen molar-refractivity contribution in [3.8, 4) is 0 Å². The van der Waals surface area contributed by atoms with E-state index in [1.54, 1.807) is 0 Å². The van der Waals surface area contributed by atoms with E-state index in [1.165, 1.54) is 5.06 Å². The van der Waals surface area contributed by atoms with Crippen molar-refractivity contribution in [2.75, 3.05) is 6.54 Å². The van der Waals surface area contributed by atoms with Gasteiger partial charge in [-0.05, 0) is 20.8 Å². The molecule has 1 aliphatic heterocycles. The van der Waals surface area contributed by atoms with Gasteiger partial charge in [0.2, 0.25) is 5.91 Å². The van der Waals surface area contributed by atoms with Crippen LogP contribution in [-0.4, -0.2) is 29.2 Å². The molecule has 1 heterocycles. The first-order chi connectivity index (χ1) is 5.41. The molecule has 70 valence electrons. The zero-order chi connectivity index (χ0) is 9.35. The Morgan fingerprint density at radius 3 is 2.67 bits per heavy atom. The highest BCUT2D eigenvalue weighted by molar-refractivity contribution is 5.77. The molecule has 0 radical (unpaired) electrons. The Labute approximate surface area is 72.6 Å². The van der Waals surface area contributed by atoms with E-state index in [2.05, 4.69) is 0 Å². The fraction of sp³-hybridized carbons (Fsp3) is 0.875. The molecule has 1 atom stereocenters. The highest BCUT2D eigenvalue weighted by Gasteiger charge is 2.37. The molecule has 0 aromatic carbocycles. The number of nitrogens with zero attached hydrogens (tertiary/aromatic N) is 1. The zero-order valence-electron chi connectivity index (χ0n) is 7.83. The molecular formula is C8H16N2O2. The Hall–Kier alpha value is -0.610. The summed E-state index contributed by atoms with van der Waals surface area (Å²) < 4.78 is 0. The van der Waals surface area contributed by atoms with Crippen LogP contribution in [0.3, 0.4) is 0 Å². The van der Waals surface area contributed by atoms with Crippen LogP contribution in [0.4, 0.5) is 0 Å². The van der Waals surface area contributed by atoms with Crippen molar-refractivity contribution in [3.63, 3.8) is 0 Å². The molecule has 0 aromatic rings. The number of carbonyl (C=O) groups is 1. The number of nitrogens with two attached hydrogens (primary N) is 1. The lowest BCUT2D eigenvalue weighted by Gasteiger charge is -2.21. The number of carbonyl (C=O) groups excluding carboxylic acids is 1. The van der Waals surface area contributed by atoms with E-state index in [4.69, 9.17) is 10.6 Å². The molecule has 1 unspecified atom stereocenters. The largest absolute Gasteiger partial charge is 0.326 e. The van der Waals surface area contributed by atoms with Crippen molar-refractivity contribution < 1.29 is 9.63 Å². The predicted molar refractivity (Wildman–Crippen MR) is 45.1 cm³/mol. The van der Waals surface area contributed by atoms with Crippen LogP contribution >= 0.6 is 0 Å². The van der Waals surface area contributed by atoms with Crippen LogP contribution in [0.15, 0.2) is 0 Å². The monoisotopic (exact) mass is 172 g/mol. The van der Waals surface area contributed by atoms with E-state index in [0.717, 1.165) is 0 Å². The van der Waals surface area contributed by atoms with Gasteiger partial charge in [-0.2, -0.15) is 0 Å². The maximum Gasteiger partial charge on any atom is 0.249 e. The molecule has 0 spiro atoms. The lowest BCUT2D eigenvalue weighted by molar-refractivity contribution is -0.191. The van der Waals surface area contributed by atoms with Crippen LogP contribution in [-0.2, 0) is 9.63 Å². The molecule has 4 nitrogen and oxygen atoms in total. The molecule has 2 N–H and O–H groups in total. The molecular weight excluding hydrogens is 156 g/mol. The highest BCUT2D eigenvalue weighted by atomic mass is 16.7. The van der Waals surface area contributed by atoms with Crippen LogP contribution in [0, 0.1) is 0 Å². The van der Waals surface area contributed by atoms with Crippen molar-refractivity contribution in [2.45, 2.75) is 38.8 Å². The second kappa shape index (κ2) is 3.03. The van der Waals surface area contributed by atoms with Gasteiger partial charge in [-0.15, -0.1) is 0 Å². The van der Waals surface area contributed by atoms with Crippen molar-refractivity contribution >= 4 is 5.91 Å². The molecule has 1 saturated heterocycles. The van der Waals surface area contributed by atoms with Gasteiger partial charge in [0.1, 0.15) is 0 Å². The predicted octanol–water partition coefficient (Wildman–Crippen LogP) is 0.276. The first-order valence-corrected chi connectivity index (χ1v) is 4.16. The van der Waals surface area contributed by atoms with E-state index in [1.807, 2.05) is 20.8 Å². The molecule has 0 aliphatic carbocycles. The average Bonchev–Trinajstić information content (AvgIpc) is 2.03. The van der Waals surface area contributed by atoms with E-state index >= 15 is 0 Å². The first kappa shape index (κ1) is 9.48. The topological polar surface area (TPSA) is 55.6 Å². The summed E-state index contributed by atoms with van der Waals surface area (Å²) in [6.07, 6.45) is 0.444. The SMILES string of the molecule is CC(N)CN1OC(C)(C)CC1=O. The first-order valence-electron chi connectivity index (χ1n) is 4.16. The highest BCUT2D eigenvalue weighted by Crippen LogP contribution is 2.25. The molecule has 0 aromatic heterocycles. The van der Waals surface area contributed by atoms with Crippen molar-refractivity contribution in [1.29, 1.82) is 0 Å². The fourth-order valence-corrected chi connectivity index (χ4v) is 1.23. The van der Waals surface area contributed by atoms with Gasteiger partial charge in [-0.3, -0.25) is 9.63 Å². The maximum atomic E-state index is 11.3. The molecule has 1 aliphatic rings. The minimum atomic E-state index is -0.355. The van der Waals surface area contributed by atoms with Crippen molar-refractivity contribution in [1.82, 2.24) is 5.06 Å². The quantitative estimate of drug-likeness (QED) is 0.650. The standard InChI is InChI=1S/C8H16N2O2/c1-6(9)5-10-7(11)4-8(2,3)12-10/h6H,4-5,9H2,1-3H3. The second-order valence-corrected chi connectivity index (χ2v) is 3.96. The van der Waals surface area contributed by atoms with Gasteiger partial charge in [0.05, 0.1) is 18.6 Å². The lowest BCUT2D eigenvalue weighted by atomic mass is 10.1. The van der Waals surface area contributed by atoms with E-state index < -0.39 is 0 Å². The molecule has 12 heavy (non-hydrogen) atoms. The molecule has 4 heteroatoms. The minimum absolute atomic E-state index is 0.0253. The molecule has 1 amide bonds. The van der Waals surface area contributed by atoms with Gasteiger partial charge in [0.15, 0.2) is 0 Å². The van der Waals surface area contributed by atoms with Crippen LogP contribution < -0.4 is 5.73 Å². The van der Waals surface area contributed by atoms with Gasteiger partial charge in [-0.1, -0.05) is 0 Å². The summed E-state index contributed by atoms with van der Waals surface area (Å²) in [6, 6.07) is -0.0390. The van der Waals surface area contributed by atoms with Gasteiger partial charge >= 0.3 is 0 Å². The number of rotatable bonds is 2. The third kappa shape index (κ3) is 2.19. The third-order valence-corrected chi connectivity index (χ3v) is 1.67. The van der Waals surface area contributed by atoms with Gasteiger partial charge in [-0.25, -0.2) is 5.06 Å². The van der Waals surface area contributed by atoms with Crippen LogP contribution in [0.25, 0.3) is 0 Å².